The maximum Gasteiger partial charge on any atom is 0.307 e. The van der Waals surface area contributed by atoms with Crippen LogP contribution in [0, 0.1) is 0 Å². The van der Waals surface area contributed by atoms with Crippen LogP contribution < -0.4 is 15.2 Å². The summed E-state index contributed by atoms with van der Waals surface area (Å²) in [6.45, 7) is 5.82. The summed E-state index contributed by atoms with van der Waals surface area (Å²) in [7, 11) is 0. The summed E-state index contributed by atoms with van der Waals surface area (Å²) >= 11 is 1.81. The van der Waals surface area contributed by atoms with Gasteiger partial charge < -0.3 is 19.5 Å². The normalized spacial score (nSPS) is 13.4. The lowest BCUT2D eigenvalue weighted by Crippen LogP contribution is -2.46. The molecule has 1 aliphatic rings. The maximum absolute atomic E-state index is 12.8. The maximum atomic E-state index is 12.8. The van der Waals surface area contributed by atoms with E-state index in [-0.39, 0.29) is 18.3 Å². The molecule has 5 rings (SSSR count). The van der Waals surface area contributed by atoms with Crippen molar-refractivity contribution in [3.63, 3.8) is 0 Å². The van der Waals surface area contributed by atoms with Gasteiger partial charge in [-0.25, -0.2) is 0 Å². The van der Waals surface area contributed by atoms with Crippen molar-refractivity contribution < 1.29 is 24.2 Å². The van der Waals surface area contributed by atoms with Gasteiger partial charge in [-0.3, -0.25) is 23.9 Å². The molecule has 1 aliphatic heterocycles. The topological polar surface area (TPSA) is 101 Å². The Balaban J connectivity index is 0.861. The van der Waals surface area contributed by atoms with Crippen LogP contribution in [0.5, 0.6) is 5.75 Å². The molecule has 0 unspecified atom stereocenters. The quantitative estimate of drug-likeness (QED) is 0.0410. The van der Waals surface area contributed by atoms with E-state index in [0.717, 1.165) is 88.8 Å². The first-order valence-corrected chi connectivity index (χ1v) is 23.4. The second-order valence-electron chi connectivity index (χ2n) is 16.2. The van der Waals surface area contributed by atoms with E-state index in [2.05, 4.69) is 39.4 Å². The van der Waals surface area contributed by atoms with Crippen molar-refractivity contribution in [3.05, 3.63) is 70.3 Å². The van der Waals surface area contributed by atoms with Crippen LogP contribution in [0.15, 0.2) is 64.8 Å². The monoisotopic (exact) mass is 815 g/mol. The number of aromatic nitrogens is 1. The number of anilines is 1. The fourth-order valence-electron chi connectivity index (χ4n) is 8.17. The number of thiophene rings is 1. The van der Waals surface area contributed by atoms with Gasteiger partial charge in [0, 0.05) is 66.9 Å². The average Bonchev–Trinajstić information content (AvgIpc) is 3.72. The van der Waals surface area contributed by atoms with Crippen LogP contribution in [0.4, 0.5) is 5.69 Å². The summed E-state index contributed by atoms with van der Waals surface area (Å²) in [6, 6.07) is 18.0. The van der Waals surface area contributed by atoms with Gasteiger partial charge in [0.2, 0.25) is 0 Å². The molecule has 0 atom stereocenters. The Morgan fingerprint density at radius 2 is 1.26 bits per heavy atom. The summed E-state index contributed by atoms with van der Waals surface area (Å²) in [5.74, 6) is -0.216. The van der Waals surface area contributed by atoms with E-state index >= 15 is 0 Å². The Bertz CT molecular complexity index is 1850. The molecule has 0 aliphatic carbocycles. The smallest absolute Gasteiger partial charge is 0.307 e. The Hall–Kier alpha value is -3.89. The van der Waals surface area contributed by atoms with E-state index in [0.29, 0.717) is 25.0 Å². The van der Waals surface area contributed by atoms with Crippen molar-refractivity contribution in [2.24, 2.45) is 0 Å². The summed E-state index contributed by atoms with van der Waals surface area (Å²) < 4.78 is 14.6. The van der Waals surface area contributed by atoms with E-state index in [1.807, 2.05) is 24.3 Å². The fraction of sp³-hybridized carbons (Fsp3) is 0.604. The second-order valence-corrected chi connectivity index (χ2v) is 17.2. The molecule has 9 nitrogen and oxygen atoms in total. The molecule has 4 aromatic rings. The Morgan fingerprint density at radius 3 is 1.90 bits per heavy atom. The number of carboxylic acids is 1. The Labute approximate surface area is 350 Å². The highest BCUT2D eigenvalue weighted by Crippen LogP contribution is 2.31. The number of carbonyl (C=O) groups is 2. The minimum Gasteiger partial charge on any atom is -0.494 e. The lowest BCUT2D eigenvalue weighted by atomic mass is 10.0. The highest BCUT2D eigenvalue weighted by molar-refractivity contribution is 7.17. The largest absolute Gasteiger partial charge is 0.494 e. The molecule has 0 spiro atoms. The van der Waals surface area contributed by atoms with E-state index in [1.165, 1.54) is 110 Å². The highest BCUT2D eigenvalue weighted by atomic mass is 32.1. The van der Waals surface area contributed by atoms with Gasteiger partial charge in [0.05, 0.1) is 12.1 Å². The Kier molecular flexibility index (Phi) is 20.5. The minimum atomic E-state index is -0.676. The predicted octanol–water partition coefficient (Wildman–Crippen LogP) is 11.6. The predicted molar refractivity (Wildman–Crippen MR) is 239 cm³/mol. The van der Waals surface area contributed by atoms with Crippen LogP contribution in [0.1, 0.15) is 141 Å². The van der Waals surface area contributed by atoms with Crippen LogP contribution in [-0.2, 0) is 21.1 Å². The van der Waals surface area contributed by atoms with Crippen molar-refractivity contribution in [2.45, 2.75) is 148 Å². The van der Waals surface area contributed by atoms with Gasteiger partial charge in [0.25, 0.3) is 5.56 Å². The van der Waals surface area contributed by atoms with Crippen molar-refractivity contribution in [2.75, 3.05) is 44.2 Å². The zero-order chi connectivity index (χ0) is 40.6. The molecule has 2 aromatic carbocycles. The summed E-state index contributed by atoms with van der Waals surface area (Å²) in [4.78, 5) is 41.0. The molecule has 0 radical (unpaired) electrons. The first-order chi connectivity index (χ1) is 28.5. The van der Waals surface area contributed by atoms with Crippen LogP contribution in [0.25, 0.3) is 21.0 Å². The molecule has 1 fully saturated rings. The second kappa shape index (κ2) is 26.3. The van der Waals surface area contributed by atoms with E-state index in [4.69, 9.17) is 14.6 Å². The SMILES string of the molecule is O=C(O)CCCCCCCCCCCCCCCCCCCCC(=O)OCn1c(=O)ccc2ccc(OCCCCN3CCN(c4cccc5sccc45)CC3)cc21. The van der Waals surface area contributed by atoms with Gasteiger partial charge in [-0.05, 0) is 79.4 Å². The average molecular weight is 816 g/mol. The van der Waals surface area contributed by atoms with Gasteiger partial charge in [-0.2, -0.15) is 0 Å². The Morgan fingerprint density at radius 1 is 0.655 bits per heavy atom. The van der Waals surface area contributed by atoms with Gasteiger partial charge in [0.15, 0.2) is 6.73 Å². The zero-order valence-corrected chi connectivity index (χ0v) is 35.8. The molecule has 10 heteroatoms. The number of fused-ring (bicyclic) bond motifs is 2. The number of hydrogen-bond acceptors (Lipinski definition) is 8. The third kappa shape index (κ3) is 16.0. The molecule has 318 valence electrons. The number of aliphatic carboxylic acids is 1. The van der Waals surface area contributed by atoms with E-state index in [9.17, 15) is 14.4 Å². The number of benzene rings is 2. The van der Waals surface area contributed by atoms with Crippen molar-refractivity contribution in [3.8, 4) is 5.75 Å². The van der Waals surface area contributed by atoms with Gasteiger partial charge in [-0.15, -0.1) is 11.3 Å². The number of esters is 1. The third-order valence-electron chi connectivity index (χ3n) is 11.7. The minimum absolute atomic E-state index is 0.0916. The molecule has 0 bridgehead atoms. The molecule has 3 heterocycles. The van der Waals surface area contributed by atoms with Crippen LogP contribution in [0.3, 0.4) is 0 Å². The van der Waals surface area contributed by atoms with Crippen LogP contribution >= 0.6 is 11.3 Å². The van der Waals surface area contributed by atoms with Gasteiger partial charge in [0.1, 0.15) is 5.75 Å². The molecule has 1 N–H and O–H groups in total. The third-order valence-corrected chi connectivity index (χ3v) is 12.5. The van der Waals surface area contributed by atoms with Crippen molar-refractivity contribution in [1.82, 2.24) is 9.47 Å². The number of nitrogens with zero attached hydrogens (tertiary/aromatic N) is 3. The lowest BCUT2D eigenvalue weighted by molar-refractivity contribution is -0.147. The summed E-state index contributed by atoms with van der Waals surface area (Å²) in [5.41, 5.74) is 1.87. The number of carbonyl (C=O) groups excluding carboxylic acids is 1. The fourth-order valence-corrected chi connectivity index (χ4v) is 8.97. The highest BCUT2D eigenvalue weighted by Gasteiger charge is 2.18. The first kappa shape index (κ1) is 45.2. The van der Waals surface area contributed by atoms with Gasteiger partial charge >= 0.3 is 11.9 Å². The van der Waals surface area contributed by atoms with Crippen molar-refractivity contribution in [1.29, 1.82) is 0 Å². The lowest BCUT2D eigenvalue weighted by Gasteiger charge is -2.36. The molecule has 1 saturated heterocycles. The molecule has 0 amide bonds. The number of ether oxygens (including phenoxy) is 2. The number of hydrogen-bond donors (Lipinski definition) is 1. The molecule has 2 aromatic heterocycles. The number of unbranched alkanes of at least 4 members (excludes halogenated alkanes) is 18. The number of pyridine rings is 1. The van der Waals surface area contributed by atoms with Crippen LogP contribution in [0.2, 0.25) is 0 Å². The number of carboxylic acid groups (broad SMARTS) is 1. The zero-order valence-electron chi connectivity index (χ0n) is 35.0. The van der Waals surface area contributed by atoms with E-state index in [1.54, 1.807) is 11.3 Å². The van der Waals surface area contributed by atoms with Gasteiger partial charge in [-0.1, -0.05) is 109 Å². The molecular weight excluding hydrogens is 747 g/mol. The van der Waals surface area contributed by atoms with Crippen LogP contribution in [-0.4, -0.2) is 65.8 Å². The van der Waals surface area contributed by atoms with Crippen molar-refractivity contribution >= 4 is 50.0 Å². The van der Waals surface area contributed by atoms with E-state index < -0.39 is 5.97 Å². The summed E-state index contributed by atoms with van der Waals surface area (Å²) in [5, 5.41) is 13.1. The standard InChI is InChI=1S/C48H69N3O6S/c52-46-29-27-40-26-28-41(56-36-20-19-31-49-32-34-50(35-33-49)43-22-21-23-45-42(43)30-37-58-45)38-44(40)51(46)39-57-48(55)25-18-16-14-12-10-8-6-4-2-1-3-5-7-9-11-13-15-17-24-47(53)54/h21-23,26-30,37-38H,1-20,24-25,31-36,39H2,(H,53,54). The molecule has 0 saturated carbocycles. The number of piperazine rings is 1. The summed E-state index contributed by atoms with van der Waals surface area (Å²) in [6.07, 6.45) is 24.3. The molecular formula is C48H69N3O6S. The molecule has 58 heavy (non-hydrogen) atoms. The first-order valence-electron chi connectivity index (χ1n) is 22.6. The number of rotatable bonds is 30.